The number of anilines is 4. The number of carbonyl (C=O) groups is 2. The summed E-state index contributed by atoms with van der Waals surface area (Å²) in [5.41, 5.74) is 19.0. The minimum atomic E-state index is -0.787. The van der Waals surface area contributed by atoms with Crippen molar-refractivity contribution in [2.45, 2.75) is 12.8 Å². The number of benzene rings is 2. The van der Waals surface area contributed by atoms with E-state index in [1.54, 1.807) is 39.9 Å². The Hall–Kier alpha value is -6.88. The molecular formula is C40H35BrN12O4. The largest absolute Gasteiger partial charge is 0.481 e. The van der Waals surface area contributed by atoms with E-state index < -0.39 is 17.9 Å². The molecule has 286 valence electrons. The van der Waals surface area contributed by atoms with Crippen molar-refractivity contribution in [1.82, 2.24) is 39.2 Å². The Morgan fingerprint density at radius 2 is 1.21 bits per heavy atom. The van der Waals surface area contributed by atoms with Gasteiger partial charge in [-0.3, -0.25) is 19.6 Å². The van der Waals surface area contributed by atoms with E-state index in [4.69, 9.17) is 21.4 Å². The molecule has 10 rings (SSSR count). The van der Waals surface area contributed by atoms with E-state index in [-0.39, 0.29) is 5.92 Å². The number of aliphatic carboxylic acids is 2. The van der Waals surface area contributed by atoms with Crippen molar-refractivity contribution in [2.24, 2.45) is 11.8 Å². The molecule has 0 bridgehead atoms. The maximum absolute atomic E-state index is 11.3. The highest BCUT2D eigenvalue weighted by Gasteiger charge is 2.32. The molecule has 2 unspecified atom stereocenters. The van der Waals surface area contributed by atoms with Crippen molar-refractivity contribution in [3.8, 4) is 22.3 Å². The molecule has 8 aromatic rings. The van der Waals surface area contributed by atoms with Crippen LogP contribution in [0.1, 0.15) is 12.8 Å². The first-order valence-electron chi connectivity index (χ1n) is 18.3. The highest BCUT2D eigenvalue weighted by molar-refractivity contribution is 9.10. The van der Waals surface area contributed by atoms with Crippen molar-refractivity contribution in [1.29, 1.82) is 0 Å². The standard InChI is InChI=1S/C20H17BrN6O2.C20H18N6O2/c21-16-17(22)27-18(25-19(16)26-6-5-12(10-26)20(28)29)14(9-24-27)13-7-11-3-1-2-4-15(11)23-8-13;21-17-8-18(25-6-5-13(11-25)20(27)28)24-19-15(10-23-26(17)19)14-7-12-3-1-2-4-16(12)22-9-14/h1-4,7-9,12H,5-6,10,22H2,(H,28,29);1-4,7-10,13H,5-6,11,21H2,(H,27,28). The minimum Gasteiger partial charge on any atom is -0.481 e. The number of pyridine rings is 2. The van der Waals surface area contributed by atoms with Gasteiger partial charge >= 0.3 is 11.9 Å². The fraction of sp³-hybridized carbons (Fsp3) is 0.200. The number of halogens is 1. The van der Waals surface area contributed by atoms with E-state index in [1.165, 1.54) is 0 Å². The Labute approximate surface area is 332 Å². The fourth-order valence-electron chi connectivity index (χ4n) is 7.50. The third kappa shape index (κ3) is 6.54. The number of carboxylic acid groups (broad SMARTS) is 2. The number of aromatic nitrogens is 8. The molecule has 6 N–H and O–H groups in total. The van der Waals surface area contributed by atoms with Gasteiger partial charge in [-0.25, -0.2) is 9.97 Å². The molecule has 0 spiro atoms. The summed E-state index contributed by atoms with van der Waals surface area (Å²) < 4.78 is 3.80. The third-order valence-electron chi connectivity index (χ3n) is 10.6. The first-order chi connectivity index (χ1) is 27.6. The van der Waals surface area contributed by atoms with Crippen LogP contribution >= 0.6 is 15.9 Å². The lowest BCUT2D eigenvalue weighted by molar-refractivity contribution is -0.141. The third-order valence-corrected chi connectivity index (χ3v) is 11.4. The van der Waals surface area contributed by atoms with Crippen molar-refractivity contribution < 1.29 is 19.8 Å². The van der Waals surface area contributed by atoms with Gasteiger partial charge in [-0.2, -0.15) is 19.2 Å². The van der Waals surface area contributed by atoms with Gasteiger partial charge in [0.25, 0.3) is 0 Å². The summed E-state index contributed by atoms with van der Waals surface area (Å²) in [7, 11) is 0. The van der Waals surface area contributed by atoms with Gasteiger partial charge in [0.05, 0.1) is 35.3 Å². The van der Waals surface area contributed by atoms with Gasteiger partial charge in [-0.15, -0.1) is 0 Å². The number of nitrogens with zero attached hydrogens (tertiary/aromatic N) is 10. The number of hydrogen-bond acceptors (Lipinski definition) is 12. The van der Waals surface area contributed by atoms with Crippen LogP contribution in [-0.2, 0) is 9.59 Å². The molecule has 57 heavy (non-hydrogen) atoms. The lowest BCUT2D eigenvalue weighted by Gasteiger charge is -2.20. The first kappa shape index (κ1) is 35.8. The monoisotopic (exact) mass is 826 g/mol. The smallest absolute Gasteiger partial charge is 0.308 e. The van der Waals surface area contributed by atoms with Crippen LogP contribution in [0.2, 0.25) is 0 Å². The molecule has 16 nitrogen and oxygen atoms in total. The Bertz CT molecular complexity index is 2880. The van der Waals surface area contributed by atoms with Crippen LogP contribution in [0, 0.1) is 11.8 Å². The SMILES string of the molecule is Nc1c(Br)c(N2CCC(C(=O)O)C2)nc2c(-c3cnc4ccccc4c3)cnn12.Nc1cc(N2CCC(C(=O)O)C2)nc2c(-c3cnc4ccccc4c3)cnn12. The average molecular weight is 828 g/mol. The zero-order valence-corrected chi connectivity index (χ0v) is 31.9. The number of nitrogens with two attached hydrogens (primary N) is 2. The summed E-state index contributed by atoms with van der Waals surface area (Å²) in [6, 6.07) is 21.7. The first-order valence-corrected chi connectivity index (χ1v) is 19.0. The normalized spacial score (nSPS) is 16.8. The molecule has 8 heterocycles. The second-order valence-corrected chi connectivity index (χ2v) is 14.9. The van der Waals surface area contributed by atoms with Crippen molar-refractivity contribution in [3.63, 3.8) is 0 Å². The number of carboxylic acids is 2. The summed E-state index contributed by atoms with van der Waals surface area (Å²) in [5, 5.41) is 29.4. The van der Waals surface area contributed by atoms with Crippen molar-refractivity contribution >= 4 is 84.2 Å². The Kier molecular flexibility index (Phi) is 8.99. The van der Waals surface area contributed by atoms with Crippen LogP contribution in [0.3, 0.4) is 0 Å². The van der Waals surface area contributed by atoms with Crippen molar-refractivity contribution in [2.75, 3.05) is 47.4 Å². The molecule has 0 radical (unpaired) electrons. The summed E-state index contributed by atoms with van der Waals surface area (Å²) in [6.07, 6.45) is 8.25. The highest BCUT2D eigenvalue weighted by Crippen LogP contribution is 2.37. The van der Waals surface area contributed by atoms with Gasteiger partial charge in [-0.05, 0) is 53.0 Å². The molecule has 2 aromatic carbocycles. The van der Waals surface area contributed by atoms with E-state index in [0.717, 1.165) is 44.1 Å². The van der Waals surface area contributed by atoms with Crippen LogP contribution in [0.5, 0.6) is 0 Å². The van der Waals surface area contributed by atoms with Crippen LogP contribution in [0.15, 0.2) is 96.0 Å². The van der Waals surface area contributed by atoms with Gasteiger partial charge in [0.2, 0.25) is 0 Å². The highest BCUT2D eigenvalue weighted by atomic mass is 79.9. The van der Waals surface area contributed by atoms with Gasteiger partial charge < -0.3 is 31.5 Å². The molecule has 6 aromatic heterocycles. The number of nitrogen functional groups attached to an aromatic ring is 2. The number of para-hydroxylation sites is 2. The summed E-state index contributed by atoms with van der Waals surface area (Å²) in [6.45, 7) is 2.08. The van der Waals surface area contributed by atoms with E-state index >= 15 is 0 Å². The van der Waals surface area contributed by atoms with Gasteiger partial charge in [0.1, 0.15) is 27.7 Å². The molecule has 2 aliphatic rings. The summed E-state index contributed by atoms with van der Waals surface area (Å²) in [5.74, 6) is -0.168. The van der Waals surface area contributed by atoms with Gasteiger partial charge in [0, 0.05) is 77.7 Å². The number of fused-ring (bicyclic) bond motifs is 4. The molecule has 0 aliphatic carbocycles. The Morgan fingerprint density at radius 1 is 0.684 bits per heavy atom. The topological polar surface area (TPSA) is 219 Å². The van der Waals surface area contributed by atoms with Crippen LogP contribution in [-0.4, -0.2) is 87.5 Å². The second kappa shape index (κ2) is 14.3. The number of hydrogen-bond donors (Lipinski definition) is 4. The average Bonchev–Trinajstić information content (AvgIpc) is 4.06. The summed E-state index contributed by atoms with van der Waals surface area (Å²) in [4.78, 5) is 45.1. The lowest BCUT2D eigenvalue weighted by atomic mass is 10.1. The Balaban J connectivity index is 0.000000148. The Morgan fingerprint density at radius 3 is 1.79 bits per heavy atom. The maximum atomic E-state index is 11.3. The molecule has 17 heteroatoms. The van der Waals surface area contributed by atoms with Crippen LogP contribution in [0.25, 0.3) is 55.4 Å². The maximum Gasteiger partial charge on any atom is 0.308 e. The quantitative estimate of drug-likeness (QED) is 0.160. The zero-order chi connectivity index (χ0) is 39.4. The molecule has 2 atom stereocenters. The second-order valence-electron chi connectivity index (χ2n) is 14.1. The molecule has 2 saturated heterocycles. The predicted octanol–water partition coefficient (Wildman–Crippen LogP) is 5.64. The van der Waals surface area contributed by atoms with Crippen LogP contribution < -0.4 is 21.3 Å². The van der Waals surface area contributed by atoms with Crippen molar-refractivity contribution in [3.05, 3.63) is 96.0 Å². The summed E-state index contributed by atoms with van der Waals surface area (Å²) >= 11 is 3.52. The van der Waals surface area contributed by atoms with Crippen LogP contribution in [0.4, 0.5) is 23.3 Å². The molecule has 0 amide bonds. The lowest BCUT2D eigenvalue weighted by Crippen LogP contribution is -2.24. The van der Waals surface area contributed by atoms with Gasteiger partial charge in [0.15, 0.2) is 11.3 Å². The molecular weight excluding hydrogens is 792 g/mol. The van der Waals surface area contributed by atoms with E-state index in [0.29, 0.717) is 78.1 Å². The van der Waals surface area contributed by atoms with E-state index in [9.17, 15) is 19.8 Å². The fourth-order valence-corrected chi connectivity index (χ4v) is 8.00. The van der Waals surface area contributed by atoms with Gasteiger partial charge in [-0.1, -0.05) is 36.4 Å². The van der Waals surface area contributed by atoms with E-state index in [2.05, 4.69) is 48.2 Å². The predicted molar refractivity (Wildman–Crippen MR) is 220 cm³/mol. The molecule has 2 aliphatic heterocycles. The number of rotatable bonds is 6. The molecule has 0 saturated carbocycles. The zero-order valence-electron chi connectivity index (χ0n) is 30.3. The molecule has 2 fully saturated rings. The minimum absolute atomic E-state index is 0.381. The van der Waals surface area contributed by atoms with E-state index in [1.807, 2.05) is 58.3 Å².